The molecule has 130 valence electrons. The molecule has 2 aromatic carbocycles. The van der Waals surface area contributed by atoms with Gasteiger partial charge in [0.1, 0.15) is 0 Å². The molecule has 1 heterocycles. The molecule has 0 fully saturated rings. The highest BCUT2D eigenvalue weighted by Crippen LogP contribution is 2.24. The van der Waals surface area contributed by atoms with Gasteiger partial charge < -0.3 is 4.98 Å². The van der Waals surface area contributed by atoms with Gasteiger partial charge in [0.05, 0.1) is 21.4 Å². The van der Waals surface area contributed by atoms with Crippen LogP contribution in [0.4, 0.5) is 0 Å². The standard InChI is InChI=1S/C16H13Cl2N3O3S/c17-13-6-5-11(8-14(13)18)25(23,24)21-20-16(22)7-10-9-19-15-4-2-1-3-12(10)15/h1-6,8-9,19,21H,7H2,(H,20,22). The summed E-state index contributed by atoms with van der Waals surface area (Å²) in [6.07, 6.45) is 1.74. The monoisotopic (exact) mass is 397 g/mol. The van der Waals surface area contributed by atoms with Crippen LogP contribution in [0.1, 0.15) is 5.56 Å². The number of aromatic nitrogens is 1. The van der Waals surface area contributed by atoms with E-state index >= 15 is 0 Å². The van der Waals surface area contributed by atoms with Crippen molar-refractivity contribution >= 4 is 50.0 Å². The fourth-order valence-corrected chi connectivity index (χ4v) is 3.57. The van der Waals surface area contributed by atoms with E-state index in [0.29, 0.717) is 0 Å². The summed E-state index contributed by atoms with van der Waals surface area (Å²) in [5, 5.41) is 1.25. The second kappa shape index (κ2) is 7.05. The summed E-state index contributed by atoms with van der Waals surface area (Å²) in [5.41, 5.74) is 3.86. The van der Waals surface area contributed by atoms with Crippen LogP contribution >= 0.6 is 23.2 Å². The summed E-state index contributed by atoms with van der Waals surface area (Å²) < 4.78 is 24.4. The number of benzene rings is 2. The first-order valence-electron chi connectivity index (χ1n) is 7.17. The first-order valence-corrected chi connectivity index (χ1v) is 9.41. The van der Waals surface area contributed by atoms with Crippen molar-refractivity contribution < 1.29 is 13.2 Å². The zero-order chi connectivity index (χ0) is 18.0. The Morgan fingerprint density at radius 3 is 2.60 bits per heavy atom. The molecule has 0 aliphatic carbocycles. The molecule has 25 heavy (non-hydrogen) atoms. The number of rotatable bonds is 5. The largest absolute Gasteiger partial charge is 0.361 e. The summed E-state index contributed by atoms with van der Waals surface area (Å²) >= 11 is 11.6. The molecule has 0 bridgehead atoms. The van der Waals surface area contributed by atoms with Crippen molar-refractivity contribution in [2.24, 2.45) is 0 Å². The summed E-state index contributed by atoms with van der Waals surface area (Å²) in [6, 6.07) is 11.4. The Morgan fingerprint density at radius 2 is 1.84 bits per heavy atom. The Bertz CT molecular complexity index is 1050. The van der Waals surface area contributed by atoms with Crippen molar-refractivity contribution in [1.29, 1.82) is 0 Å². The minimum Gasteiger partial charge on any atom is -0.361 e. The number of hydrogen-bond acceptors (Lipinski definition) is 3. The molecule has 3 N–H and O–H groups in total. The number of amides is 1. The van der Waals surface area contributed by atoms with Crippen LogP contribution in [0.3, 0.4) is 0 Å². The number of fused-ring (bicyclic) bond motifs is 1. The molecule has 0 aliphatic heterocycles. The molecule has 0 atom stereocenters. The van der Waals surface area contributed by atoms with Crippen LogP contribution in [0.2, 0.25) is 10.0 Å². The van der Waals surface area contributed by atoms with Crippen molar-refractivity contribution in [2.75, 3.05) is 0 Å². The van der Waals surface area contributed by atoms with E-state index in [1.165, 1.54) is 18.2 Å². The average Bonchev–Trinajstić information content (AvgIpc) is 2.99. The van der Waals surface area contributed by atoms with E-state index in [-0.39, 0.29) is 21.4 Å². The van der Waals surface area contributed by atoms with Crippen LogP contribution in [0, 0.1) is 0 Å². The van der Waals surface area contributed by atoms with Crippen molar-refractivity contribution in [3.05, 3.63) is 64.3 Å². The molecule has 3 aromatic rings. The average molecular weight is 398 g/mol. The van der Waals surface area contributed by atoms with Gasteiger partial charge in [-0.2, -0.15) is 0 Å². The number of nitrogens with one attached hydrogen (secondary N) is 3. The van der Waals surface area contributed by atoms with Gasteiger partial charge in [-0.15, -0.1) is 4.83 Å². The minimum absolute atomic E-state index is 0.0217. The predicted octanol–water partition coefficient (Wildman–Crippen LogP) is 3.03. The third kappa shape index (κ3) is 3.96. The fourth-order valence-electron chi connectivity index (χ4n) is 2.32. The van der Waals surface area contributed by atoms with Crippen LogP contribution < -0.4 is 10.3 Å². The third-order valence-corrected chi connectivity index (χ3v) is 5.54. The Morgan fingerprint density at radius 1 is 1.08 bits per heavy atom. The SMILES string of the molecule is O=C(Cc1c[nH]c2ccccc12)NNS(=O)(=O)c1ccc(Cl)c(Cl)c1. The van der Waals surface area contributed by atoms with Gasteiger partial charge in [0.15, 0.2) is 0 Å². The molecule has 1 amide bonds. The van der Waals surface area contributed by atoms with Crippen LogP contribution in [-0.2, 0) is 21.2 Å². The Labute approximate surface area is 154 Å². The quantitative estimate of drug-likeness (QED) is 0.577. The first-order chi connectivity index (χ1) is 11.9. The number of halogens is 2. The maximum absolute atomic E-state index is 12.2. The number of hydrazine groups is 1. The van der Waals surface area contributed by atoms with Gasteiger partial charge in [-0.05, 0) is 29.8 Å². The molecule has 0 spiro atoms. The molecular formula is C16H13Cl2N3O3S. The summed E-state index contributed by atoms with van der Waals surface area (Å²) in [5.74, 6) is -0.492. The van der Waals surface area contributed by atoms with E-state index < -0.39 is 15.9 Å². The molecular weight excluding hydrogens is 385 g/mol. The molecule has 3 rings (SSSR count). The highest BCUT2D eigenvalue weighted by Gasteiger charge is 2.17. The highest BCUT2D eigenvalue weighted by atomic mass is 35.5. The van der Waals surface area contributed by atoms with Crippen LogP contribution in [0.5, 0.6) is 0 Å². The first kappa shape index (κ1) is 17.8. The van der Waals surface area contributed by atoms with Gasteiger partial charge in [-0.3, -0.25) is 10.2 Å². The number of carbonyl (C=O) groups is 1. The van der Waals surface area contributed by atoms with E-state index in [1.807, 2.05) is 29.1 Å². The van der Waals surface area contributed by atoms with E-state index in [1.54, 1.807) is 6.20 Å². The fraction of sp³-hybridized carbons (Fsp3) is 0.0625. The van der Waals surface area contributed by atoms with Crippen molar-refractivity contribution in [3.8, 4) is 0 Å². The zero-order valence-corrected chi connectivity index (χ0v) is 15.0. The zero-order valence-electron chi connectivity index (χ0n) is 12.7. The van der Waals surface area contributed by atoms with Gasteiger partial charge in [-0.1, -0.05) is 41.4 Å². The minimum atomic E-state index is -3.95. The van der Waals surface area contributed by atoms with Crippen molar-refractivity contribution in [3.63, 3.8) is 0 Å². The molecule has 0 unspecified atom stereocenters. The van der Waals surface area contributed by atoms with Crippen LogP contribution in [0.15, 0.2) is 53.6 Å². The normalized spacial score (nSPS) is 11.6. The van der Waals surface area contributed by atoms with Crippen LogP contribution in [-0.4, -0.2) is 19.3 Å². The smallest absolute Gasteiger partial charge is 0.257 e. The van der Waals surface area contributed by atoms with Gasteiger partial charge in [0.25, 0.3) is 10.0 Å². The lowest BCUT2D eigenvalue weighted by Gasteiger charge is -2.09. The Hall–Kier alpha value is -2.06. The van der Waals surface area contributed by atoms with E-state index in [0.717, 1.165) is 16.5 Å². The second-order valence-corrected chi connectivity index (χ2v) is 7.76. The van der Waals surface area contributed by atoms with Crippen molar-refractivity contribution in [1.82, 2.24) is 15.2 Å². The lowest BCUT2D eigenvalue weighted by Crippen LogP contribution is -2.42. The molecule has 1 aromatic heterocycles. The van der Waals surface area contributed by atoms with Crippen LogP contribution in [0.25, 0.3) is 10.9 Å². The number of para-hydroxylation sites is 1. The maximum atomic E-state index is 12.2. The molecule has 0 saturated carbocycles. The molecule has 0 radical (unpaired) electrons. The van der Waals surface area contributed by atoms with Gasteiger partial charge >= 0.3 is 0 Å². The Kier molecular flexibility index (Phi) is 5.01. The van der Waals surface area contributed by atoms with E-state index in [9.17, 15) is 13.2 Å². The maximum Gasteiger partial charge on any atom is 0.257 e. The van der Waals surface area contributed by atoms with Gasteiger partial charge in [0.2, 0.25) is 5.91 Å². The molecule has 9 heteroatoms. The van der Waals surface area contributed by atoms with E-state index in [2.05, 4.69) is 10.4 Å². The second-order valence-electron chi connectivity index (χ2n) is 5.27. The number of H-pyrrole nitrogens is 1. The topological polar surface area (TPSA) is 91.1 Å². The number of sulfonamides is 1. The van der Waals surface area contributed by atoms with Gasteiger partial charge in [-0.25, -0.2) is 8.42 Å². The third-order valence-electron chi connectivity index (χ3n) is 3.55. The van der Waals surface area contributed by atoms with Crippen molar-refractivity contribution in [2.45, 2.75) is 11.3 Å². The summed E-state index contributed by atoms with van der Waals surface area (Å²) in [6.45, 7) is 0. The predicted molar refractivity (Wildman–Crippen MR) is 96.9 cm³/mol. The van der Waals surface area contributed by atoms with E-state index in [4.69, 9.17) is 23.2 Å². The van der Waals surface area contributed by atoms with Gasteiger partial charge in [0, 0.05) is 17.1 Å². The lowest BCUT2D eigenvalue weighted by atomic mass is 10.1. The summed E-state index contributed by atoms with van der Waals surface area (Å²) in [7, 11) is -3.95. The number of carbonyl (C=O) groups excluding carboxylic acids is 1. The number of aromatic amines is 1. The Balaban J connectivity index is 1.68. The molecule has 0 saturated heterocycles. The molecule has 6 nitrogen and oxygen atoms in total. The lowest BCUT2D eigenvalue weighted by molar-refractivity contribution is -0.120. The summed E-state index contributed by atoms with van der Waals surface area (Å²) in [4.78, 5) is 17.1. The number of hydrogen-bond donors (Lipinski definition) is 3. The molecule has 0 aliphatic rings. The highest BCUT2D eigenvalue weighted by molar-refractivity contribution is 7.89.